The van der Waals surface area contributed by atoms with E-state index in [1.807, 2.05) is 79.9 Å². The summed E-state index contributed by atoms with van der Waals surface area (Å²) in [5, 5.41) is 2.90. The van der Waals surface area contributed by atoms with Crippen molar-refractivity contribution >= 4 is 27.9 Å². The predicted molar refractivity (Wildman–Crippen MR) is 122 cm³/mol. The highest BCUT2D eigenvalue weighted by Crippen LogP contribution is 2.33. The molecule has 0 saturated heterocycles. The van der Waals surface area contributed by atoms with Gasteiger partial charge in [0.15, 0.2) is 0 Å². The molecule has 2 heterocycles. The molecular formula is C26H18ClNO. The van der Waals surface area contributed by atoms with Crippen LogP contribution in [-0.4, -0.2) is 4.40 Å². The number of aromatic nitrogens is 1. The molecule has 3 aromatic carbocycles. The lowest BCUT2D eigenvalue weighted by atomic mass is 9.94. The molecule has 5 aromatic rings. The van der Waals surface area contributed by atoms with Crippen LogP contribution in [0.25, 0.3) is 38.5 Å². The average Bonchev–Trinajstić information content (AvgIpc) is 2.76. The Kier molecular flexibility index (Phi) is 4.22. The van der Waals surface area contributed by atoms with Gasteiger partial charge in [-0.2, -0.15) is 0 Å². The molecule has 29 heavy (non-hydrogen) atoms. The molecule has 0 atom stereocenters. The molecule has 0 bridgehead atoms. The van der Waals surface area contributed by atoms with Crippen molar-refractivity contribution in [2.45, 2.75) is 6.92 Å². The Morgan fingerprint density at radius 1 is 0.759 bits per heavy atom. The Morgan fingerprint density at radius 2 is 1.41 bits per heavy atom. The lowest BCUT2D eigenvalue weighted by molar-refractivity contribution is 1.09. The fourth-order valence-electron chi connectivity index (χ4n) is 4.01. The zero-order valence-corrected chi connectivity index (χ0v) is 16.6. The molecule has 0 spiro atoms. The standard InChI is InChI=1S/C26H18ClNO/c1-17-16-28-24(22-10-6-5-9-21(17)22)15-23(18-11-13-20(27)14-12-18)25(26(28)29)19-7-3-2-4-8-19/h2-16H,1H3. The number of benzene rings is 3. The van der Waals surface area contributed by atoms with Crippen molar-refractivity contribution in [2.75, 3.05) is 0 Å². The van der Waals surface area contributed by atoms with E-state index in [0.717, 1.165) is 38.5 Å². The van der Waals surface area contributed by atoms with Gasteiger partial charge in [-0.15, -0.1) is 0 Å². The molecule has 0 aliphatic carbocycles. The second-order valence-corrected chi connectivity index (χ2v) is 7.66. The zero-order chi connectivity index (χ0) is 20.0. The third-order valence-electron chi connectivity index (χ3n) is 5.41. The van der Waals surface area contributed by atoms with Crippen molar-refractivity contribution in [1.29, 1.82) is 0 Å². The molecule has 0 fully saturated rings. The second-order valence-electron chi connectivity index (χ2n) is 7.22. The van der Waals surface area contributed by atoms with Crippen LogP contribution in [0, 0.1) is 6.92 Å². The molecule has 3 heteroatoms. The summed E-state index contributed by atoms with van der Waals surface area (Å²) in [4.78, 5) is 13.7. The van der Waals surface area contributed by atoms with Crippen LogP contribution in [0.3, 0.4) is 0 Å². The maximum Gasteiger partial charge on any atom is 0.263 e. The van der Waals surface area contributed by atoms with Crippen LogP contribution in [0.5, 0.6) is 0 Å². The van der Waals surface area contributed by atoms with E-state index < -0.39 is 0 Å². The summed E-state index contributed by atoms with van der Waals surface area (Å²) in [6, 6.07) is 27.8. The van der Waals surface area contributed by atoms with Crippen LogP contribution >= 0.6 is 11.6 Å². The largest absolute Gasteiger partial charge is 0.283 e. The topological polar surface area (TPSA) is 21.5 Å². The Labute approximate surface area is 173 Å². The van der Waals surface area contributed by atoms with E-state index in [9.17, 15) is 4.79 Å². The second kappa shape index (κ2) is 6.91. The van der Waals surface area contributed by atoms with Gasteiger partial charge >= 0.3 is 0 Å². The predicted octanol–water partition coefficient (Wildman–Crippen LogP) is 6.75. The van der Waals surface area contributed by atoms with E-state index in [4.69, 9.17) is 11.6 Å². The Balaban J connectivity index is 1.97. The smallest absolute Gasteiger partial charge is 0.263 e. The summed E-state index contributed by atoms with van der Waals surface area (Å²) in [6.07, 6.45) is 1.94. The molecule has 2 nitrogen and oxygen atoms in total. The number of hydrogen-bond acceptors (Lipinski definition) is 1. The number of nitrogens with zero attached hydrogens (tertiary/aromatic N) is 1. The summed E-state index contributed by atoms with van der Waals surface area (Å²) in [5.74, 6) is 0. The van der Waals surface area contributed by atoms with E-state index in [-0.39, 0.29) is 5.56 Å². The third kappa shape index (κ3) is 2.93. The number of fused-ring (bicyclic) bond motifs is 3. The summed E-state index contributed by atoms with van der Waals surface area (Å²) < 4.78 is 1.78. The first-order valence-electron chi connectivity index (χ1n) is 9.52. The maximum atomic E-state index is 13.7. The summed E-state index contributed by atoms with van der Waals surface area (Å²) in [7, 11) is 0. The van der Waals surface area contributed by atoms with Gasteiger partial charge in [0.05, 0.1) is 11.1 Å². The number of hydrogen-bond donors (Lipinski definition) is 0. The fourth-order valence-corrected chi connectivity index (χ4v) is 4.14. The van der Waals surface area contributed by atoms with E-state index in [2.05, 4.69) is 18.2 Å². The first-order chi connectivity index (χ1) is 14.1. The van der Waals surface area contributed by atoms with Gasteiger partial charge < -0.3 is 0 Å². The van der Waals surface area contributed by atoms with Gasteiger partial charge in [-0.1, -0.05) is 78.3 Å². The summed E-state index contributed by atoms with van der Waals surface area (Å²) >= 11 is 6.11. The Bertz CT molecular complexity index is 1420. The van der Waals surface area contributed by atoms with Crippen LogP contribution in [0.2, 0.25) is 5.02 Å². The zero-order valence-electron chi connectivity index (χ0n) is 15.9. The molecule has 2 aromatic heterocycles. The average molecular weight is 396 g/mol. The number of aryl methyl sites for hydroxylation is 1. The minimum Gasteiger partial charge on any atom is -0.283 e. The van der Waals surface area contributed by atoms with Crippen molar-refractivity contribution in [3.05, 3.63) is 112 Å². The molecule has 140 valence electrons. The van der Waals surface area contributed by atoms with Crippen LogP contribution in [-0.2, 0) is 0 Å². The molecule has 0 amide bonds. The van der Waals surface area contributed by atoms with Gasteiger partial charge in [0.25, 0.3) is 5.56 Å². The van der Waals surface area contributed by atoms with Crippen molar-refractivity contribution in [1.82, 2.24) is 4.40 Å². The monoisotopic (exact) mass is 395 g/mol. The van der Waals surface area contributed by atoms with Gasteiger partial charge in [-0.05, 0) is 52.8 Å². The molecule has 0 unspecified atom stereocenters. The normalized spacial score (nSPS) is 11.2. The highest BCUT2D eigenvalue weighted by molar-refractivity contribution is 6.30. The summed E-state index contributed by atoms with van der Waals surface area (Å²) in [6.45, 7) is 2.05. The van der Waals surface area contributed by atoms with Crippen molar-refractivity contribution in [3.63, 3.8) is 0 Å². The van der Waals surface area contributed by atoms with Gasteiger partial charge in [0.1, 0.15) is 0 Å². The van der Waals surface area contributed by atoms with Gasteiger partial charge in [-0.3, -0.25) is 9.20 Å². The molecular weight excluding hydrogens is 378 g/mol. The van der Waals surface area contributed by atoms with E-state index in [1.54, 1.807) is 4.40 Å². The SMILES string of the molecule is Cc1cn2c(=O)c(-c3ccccc3)c(-c3ccc(Cl)cc3)cc2c2ccccc12. The first kappa shape index (κ1) is 17.7. The van der Waals surface area contributed by atoms with Crippen LogP contribution in [0.4, 0.5) is 0 Å². The highest BCUT2D eigenvalue weighted by Gasteiger charge is 2.16. The quantitative estimate of drug-likeness (QED) is 0.303. The minimum absolute atomic E-state index is 0.0208. The van der Waals surface area contributed by atoms with Crippen LogP contribution < -0.4 is 5.56 Å². The van der Waals surface area contributed by atoms with Gasteiger partial charge in [0, 0.05) is 16.6 Å². The highest BCUT2D eigenvalue weighted by atomic mass is 35.5. The van der Waals surface area contributed by atoms with Crippen molar-refractivity contribution < 1.29 is 0 Å². The fraction of sp³-hybridized carbons (Fsp3) is 0.0385. The lowest BCUT2D eigenvalue weighted by Crippen LogP contribution is -2.17. The van der Waals surface area contributed by atoms with Gasteiger partial charge in [0.2, 0.25) is 0 Å². The molecule has 0 aliphatic rings. The van der Waals surface area contributed by atoms with Crippen molar-refractivity contribution in [3.8, 4) is 22.3 Å². The number of halogens is 1. The van der Waals surface area contributed by atoms with E-state index >= 15 is 0 Å². The Morgan fingerprint density at radius 3 is 2.14 bits per heavy atom. The summed E-state index contributed by atoms with van der Waals surface area (Å²) in [5.41, 5.74) is 5.44. The van der Waals surface area contributed by atoms with Crippen LogP contribution in [0.1, 0.15) is 5.56 Å². The lowest BCUT2D eigenvalue weighted by Gasteiger charge is -2.15. The number of rotatable bonds is 2. The molecule has 0 radical (unpaired) electrons. The molecule has 0 saturated carbocycles. The molecule has 5 rings (SSSR count). The first-order valence-corrected chi connectivity index (χ1v) is 9.90. The van der Waals surface area contributed by atoms with Crippen LogP contribution in [0.15, 0.2) is 95.9 Å². The van der Waals surface area contributed by atoms with E-state index in [0.29, 0.717) is 10.6 Å². The third-order valence-corrected chi connectivity index (χ3v) is 5.66. The molecule has 0 N–H and O–H groups in total. The molecule has 0 aliphatic heterocycles. The van der Waals surface area contributed by atoms with Gasteiger partial charge in [-0.25, -0.2) is 0 Å². The Hall–Kier alpha value is -3.36. The van der Waals surface area contributed by atoms with E-state index in [1.165, 1.54) is 0 Å². The van der Waals surface area contributed by atoms with Crippen molar-refractivity contribution in [2.24, 2.45) is 0 Å². The maximum absolute atomic E-state index is 13.7. The number of pyridine rings is 2. The minimum atomic E-state index is -0.0208.